The van der Waals surface area contributed by atoms with Gasteiger partial charge in [-0.3, -0.25) is 4.79 Å². The van der Waals surface area contributed by atoms with Crippen LogP contribution < -0.4 is 5.32 Å². The molecular formula is C16H23ClN2O3S. The van der Waals surface area contributed by atoms with Crippen LogP contribution in [-0.4, -0.2) is 38.3 Å². The second-order valence-corrected chi connectivity index (χ2v) is 8.59. The Bertz CT molecular complexity index is 661. The minimum Gasteiger partial charge on any atom is -0.356 e. The molecule has 0 aliphatic carbocycles. The second-order valence-electron chi connectivity index (χ2n) is 6.27. The van der Waals surface area contributed by atoms with Crippen LogP contribution >= 0.6 is 11.6 Å². The molecule has 1 amide bonds. The summed E-state index contributed by atoms with van der Waals surface area (Å²) >= 11 is 6.03. The molecule has 1 aliphatic rings. The standard InChI is InChI=1S/C16H23ClN2O3S/c1-12(2)10-18-16(20)13-6-5-9-19(11-13)23(21,22)15-8-4-3-7-14(15)17/h3-4,7-8,12-13H,5-6,9-11H2,1-2H3,(H,18,20). The van der Waals surface area contributed by atoms with Gasteiger partial charge in [-0.2, -0.15) is 4.31 Å². The summed E-state index contributed by atoms with van der Waals surface area (Å²) in [6, 6.07) is 6.40. The Balaban J connectivity index is 2.11. The van der Waals surface area contributed by atoms with E-state index in [4.69, 9.17) is 11.6 Å². The third-order valence-electron chi connectivity index (χ3n) is 3.89. The van der Waals surface area contributed by atoms with Gasteiger partial charge in [0.1, 0.15) is 4.90 Å². The van der Waals surface area contributed by atoms with Crippen molar-refractivity contribution >= 4 is 27.5 Å². The van der Waals surface area contributed by atoms with Crippen LogP contribution in [0.1, 0.15) is 26.7 Å². The third-order valence-corrected chi connectivity index (χ3v) is 6.26. The molecule has 0 saturated carbocycles. The van der Waals surface area contributed by atoms with Crippen LogP contribution in [0.25, 0.3) is 0 Å². The van der Waals surface area contributed by atoms with Gasteiger partial charge >= 0.3 is 0 Å². The van der Waals surface area contributed by atoms with Crippen LogP contribution in [0.15, 0.2) is 29.2 Å². The summed E-state index contributed by atoms with van der Waals surface area (Å²) in [4.78, 5) is 12.3. The number of nitrogens with zero attached hydrogens (tertiary/aromatic N) is 1. The molecule has 1 aromatic rings. The van der Waals surface area contributed by atoms with Gasteiger partial charge in [0.2, 0.25) is 15.9 Å². The smallest absolute Gasteiger partial charge is 0.244 e. The normalized spacial score (nSPS) is 19.7. The van der Waals surface area contributed by atoms with Crippen molar-refractivity contribution in [2.75, 3.05) is 19.6 Å². The van der Waals surface area contributed by atoms with Crippen LogP contribution in [0, 0.1) is 11.8 Å². The summed E-state index contributed by atoms with van der Waals surface area (Å²) in [5.74, 6) is -0.0111. The summed E-state index contributed by atoms with van der Waals surface area (Å²) in [5, 5.41) is 3.10. The summed E-state index contributed by atoms with van der Waals surface area (Å²) in [6.07, 6.45) is 1.38. The van der Waals surface area contributed by atoms with Crippen LogP contribution in [0.5, 0.6) is 0 Å². The zero-order valence-corrected chi connectivity index (χ0v) is 15.0. The first-order valence-electron chi connectivity index (χ1n) is 7.84. The number of rotatable bonds is 5. The van der Waals surface area contributed by atoms with E-state index >= 15 is 0 Å². The van der Waals surface area contributed by atoms with Gasteiger partial charge < -0.3 is 5.32 Å². The maximum atomic E-state index is 12.8. The van der Waals surface area contributed by atoms with Crippen molar-refractivity contribution in [1.29, 1.82) is 0 Å². The van der Waals surface area contributed by atoms with Crippen LogP contribution in [0.2, 0.25) is 5.02 Å². The number of benzene rings is 1. The number of piperidine rings is 1. The van der Waals surface area contributed by atoms with Crippen molar-refractivity contribution in [1.82, 2.24) is 9.62 Å². The van der Waals surface area contributed by atoms with Gasteiger partial charge in [-0.05, 0) is 30.9 Å². The number of amides is 1. The molecule has 7 heteroatoms. The van der Waals surface area contributed by atoms with Gasteiger partial charge in [-0.1, -0.05) is 37.6 Å². The van der Waals surface area contributed by atoms with Gasteiger partial charge in [0.05, 0.1) is 10.9 Å². The fourth-order valence-corrected chi connectivity index (χ4v) is 4.63. The van der Waals surface area contributed by atoms with E-state index in [9.17, 15) is 13.2 Å². The SMILES string of the molecule is CC(C)CNC(=O)C1CCCN(S(=O)(=O)c2ccccc2Cl)C1. The lowest BCUT2D eigenvalue weighted by Gasteiger charge is -2.31. The quantitative estimate of drug-likeness (QED) is 0.879. The van der Waals surface area contributed by atoms with E-state index in [2.05, 4.69) is 5.32 Å². The molecule has 1 saturated heterocycles. The van der Waals surface area contributed by atoms with E-state index in [0.717, 1.165) is 0 Å². The highest BCUT2D eigenvalue weighted by Gasteiger charge is 2.34. The lowest BCUT2D eigenvalue weighted by Crippen LogP contribution is -2.45. The van der Waals surface area contributed by atoms with Crippen molar-refractivity contribution in [3.05, 3.63) is 29.3 Å². The molecule has 1 unspecified atom stereocenters. The molecule has 0 spiro atoms. The minimum absolute atomic E-state index is 0.0715. The minimum atomic E-state index is -3.67. The molecule has 128 valence electrons. The average Bonchev–Trinajstić information content (AvgIpc) is 2.53. The first-order valence-corrected chi connectivity index (χ1v) is 9.66. The largest absolute Gasteiger partial charge is 0.356 e. The predicted molar refractivity (Wildman–Crippen MR) is 90.8 cm³/mol. The van der Waals surface area contributed by atoms with Crippen LogP contribution in [0.4, 0.5) is 0 Å². The third kappa shape index (κ3) is 4.46. The molecule has 1 aliphatic heterocycles. The topological polar surface area (TPSA) is 66.5 Å². The lowest BCUT2D eigenvalue weighted by atomic mass is 9.98. The molecule has 23 heavy (non-hydrogen) atoms. The molecular weight excluding hydrogens is 336 g/mol. The molecule has 1 heterocycles. The maximum Gasteiger partial charge on any atom is 0.244 e. The number of carbonyl (C=O) groups excluding carboxylic acids is 1. The predicted octanol–water partition coefficient (Wildman–Crippen LogP) is 2.51. The maximum absolute atomic E-state index is 12.8. The number of sulfonamides is 1. The first-order chi connectivity index (χ1) is 10.8. The van der Waals surface area contributed by atoms with E-state index < -0.39 is 10.0 Å². The Morgan fingerprint density at radius 2 is 2.09 bits per heavy atom. The van der Waals surface area contributed by atoms with Gasteiger partial charge in [0, 0.05) is 19.6 Å². The van der Waals surface area contributed by atoms with Crippen LogP contribution in [0.3, 0.4) is 0 Å². The lowest BCUT2D eigenvalue weighted by molar-refractivity contribution is -0.126. The van der Waals surface area contributed by atoms with E-state index in [1.165, 1.54) is 10.4 Å². The van der Waals surface area contributed by atoms with Crippen LogP contribution in [-0.2, 0) is 14.8 Å². The van der Waals surface area contributed by atoms with Crippen molar-refractivity contribution in [3.63, 3.8) is 0 Å². The molecule has 5 nitrogen and oxygen atoms in total. The Morgan fingerprint density at radius 1 is 1.39 bits per heavy atom. The highest BCUT2D eigenvalue weighted by molar-refractivity contribution is 7.89. The molecule has 1 aromatic carbocycles. The number of nitrogens with one attached hydrogen (secondary N) is 1. The number of carbonyl (C=O) groups is 1. The molecule has 2 rings (SSSR count). The Kier molecular flexibility index (Phi) is 6.06. The number of hydrogen-bond acceptors (Lipinski definition) is 3. The van der Waals surface area contributed by atoms with Crippen molar-refractivity contribution in [2.24, 2.45) is 11.8 Å². The van der Waals surface area contributed by atoms with E-state index in [0.29, 0.717) is 31.8 Å². The zero-order chi connectivity index (χ0) is 17.0. The van der Waals surface area contributed by atoms with Gasteiger partial charge in [-0.15, -0.1) is 0 Å². The Morgan fingerprint density at radius 3 is 2.74 bits per heavy atom. The number of halogens is 1. The zero-order valence-electron chi connectivity index (χ0n) is 13.5. The van der Waals surface area contributed by atoms with E-state index in [1.54, 1.807) is 18.2 Å². The summed E-state index contributed by atoms with van der Waals surface area (Å²) in [5.41, 5.74) is 0. The molecule has 0 aromatic heterocycles. The second kappa shape index (κ2) is 7.64. The van der Waals surface area contributed by atoms with Gasteiger partial charge in [0.15, 0.2) is 0 Å². The monoisotopic (exact) mass is 358 g/mol. The average molecular weight is 359 g/mol. The molecule has 1 N–H and O–H groups in total. The van der Waals surface area contributed by atoms with Crippen molar-refractivity contribution in [2.45, 2.75) is 31.6 Å². The van der Waals surface area contributed by atoms with Gasteiger partial charge in [0.25, 0.3) is 0 Å². The molecule has 0 bridgehead atoms. The molecule has 1 atom stereocenters. The molecule has 1 fully saturated rings. The van der Waals surface area contributed by atoms with E-state index in [1.807, 2.05) is 13.8 Å². The summed E-state index contributed by atoms with van der Waals surface area (Å²) in [7, 11) is -3.67. The van der Waals surface area contributed by atoms with Crippen molar-refractivity contribution < 1.29 is 13.2 Å². The van der Waals surface area contributed by atoms with E-state index in [-0.39, 0.29) is 28.3 Å². The highest BCUT2D eigenvalue weighted by atomic mass is 35.5. The fraction of sp³-hybridized carbons (Fsp3) is 0.562. The van der Waals surface area contributed by atoms with Gasteiger partial charge in [-0.25, -0.2) is 8.42 Å². The number of hydrogen-bond donors (Lipinski definition) is 1. The summed E-state index contributed by atoms with van der Waals surface area (Å²) in [6.45, 7) is 5.27. The molecule has 0 radical (unpaired) electrons. The van der Waals surface area contributed by atoms with Crippen molar-refractivity contribution in [3.8, 4) is 0 Å². The Labute approximate surface area is 143 Å². The highest BCUT2D eigenvalue weighted by Crippen LogP contribution is 2.28. The first kappa shape index (κ1) is 18.2. The fourth-order valence-electron chi connectivity index (χ4n) is 2.62. The summed E-state index contributed by atoms with van der Waals surface area (Å²) < 4.78 is 26.9. The Hall–Kier alpha value is -1.11.